The Kier molecular flexibility index (Phi) is 5.45. The number of nitrogens with one attached hydrogen (secondary N) is 1. The Balaban J connectivity index is 1.30. The molecule has 0 unspecified atom stereocenters. The maximum Gasteiger partial charge on any atom is 0.146 e. The topological polar surface area (TPSA) is 68.2 Å². The molecule has 2 aromatic heterocycles. The highest BCUT2D eigenvalue weighted by atomic mass is 16.5. The fourth-order valence-corrected chi connectivity index (χ4v) is 3.90. The van der Waals surface area contributed by atoms with Gasteiger partial charge in [-0.3, -0.25) is 4.90 Å². The minimum atomic E-state index is 0.658. The minimum Gasteiger partial charge on any atom is -0.497 e. The van der Waals surface area contributed by atoms with Crippen LogP contribution in [0.15, 0.2) is 42.7 Å². The smallest absolute Gasteiger partial charge is 0.146 e. The van der Waals surface area contributed by atoms with Gasteiger partial charge >= 0.3 is 0 Å². The number of rotatable bonds is 6. The fraction of sp³-hybridized carbons (Fsp3) is 0.364. The van der Waals surface area contributed by atoms with Gasteiger partial charge in [-0.1, -0.05) is 0 Å². The molecule has 6 nitrogen and oxygen atoms in total. The molecule has 3 heterocycles. The summed E-state index contributed by atoms with van der Waals surface area (Å²) in [6, 6.07) is 12.1. The number of anilines is 1. The van der Waals surface area contributed by atoms with E-state index in [9.17, 15) is 5.26 Å². The van der Waals surface area contributed by atoms with Gasteiger partial charge in [0.25, 0.3) is 0 Å². The summed E-state index contributed by atoms with van der Waals surface area (Å²) in [7, 11) is 1.71. The van der Waals surface area contributed by atoms with Gasteiger partial charge in [0, 0.05) is 49.5 Å². The number of pyridine rings is 1. The number of H-pyrrole nitrogens is 1. The van der Waals surface area contributed by atoms with E-state index in [0.717, 1.165) is 62.6 Å². The normalized spacial score (nSPS) is 14.9. The number of aryl methyl sites for hydroxylation is 1. The lowest BCUT2D eigenvalue weighted by molar-refractivity contribution is 0.254. The van der Waals surface area contributed by atoms with Gasteiger partial charge < -0.3 is 14.6 Å². The molecule has 4 rings (SSSR count). The first-order valence-corrected chi connectivity index (χ1v) is 9.75. The molecule has 144 valence electrons. The summed E-state index contributed by atoms with van der Waals surface area (Å²) in [4.78, 5) is 12.5. The molecule has 1 aliphatic rings. The zero-order chi connectivity index (χ0) is 19.3. The Labute approximate surface area is 165 Å². The minimum absolute atomic E-state index is 0.658. The Bertz CT molecular complexity index is 982. The molecular formula is C22H25N5O. The van der Waals surface area contributed by atoms with Crippen molar-refractivity contribution < 1.29 is 4.74 Å². The molecule has 0 aliphatic carbocycles. The number of aromatic amines is 1. The van der Waals surface area contributed by atoms with Crippen LogP contribution in [-0.4, -0.2) is 54.7 Å². The van der Waals surface area contributed by atoms with Crippen LogP contribution in [0.2, 0.25) is 0 Å². The molecule has 1 aromatic carbocycles. The zero-order valence-electron chi connectivity index (χ0n) is 16.2. The van der Waals surface area contributed by atoms with Gasteiger partial charge in [-0.25, -0.2) is 4.98 Å². The van der Waals surface area contributed by atoms with Crippen LogP contribution >= 0.6 is 0 Å². The number of nitriles is 1. The predicted molar refractivity (Wildman–Crippen MR) is 111 cm³/mol. The quantitative estimate of drug-likeness (QED) is 0.717. The van der Waals surface area contributed by atoms with E-state index >= 15 is 0 Å². The van der Waals surface area contributed by atoms with Crippen molar-refractivity contribution >= 4 is 16.7 Å². The monoisotopic (exact) mass is 375 g/mol. The lowest BCUT2D eigenvalue weighted by atomic mass is 10.1. The second-order valence-electron chi connectivity index (χ2n) is 7.14. The third kappa shape index (κ3) is 3.80. The SMILES string of the molecule is COc1ccc2[nH]cc(CCCN3CCN(c4ncccc4C#N)CC3)c2c1. The third-order valence-corrected chi connectivity index (χ3v) is 5.47. The summed E-state index contributed by atoms with van der Waals surface area (Å²) < 4.78 is 5.36. The Morgan fingerprint density at radius 2 is 2.07 bits per heavy atom. The molecule has 0 radical (unpaired) electrons. The highest BCUT2D eigenvalue weighted by Gasteiger charge is 2.19. The van der Waals surface area contributed by atoms with Crippen molar-refractivity contribution in [1.29, 1.82) is 5.26 Å². The number of benzene rings is 1. The number of methoxy groups -OCH3 is 1. The number of ether oxygens (including phenoxy) is 1. The lowest BCUT2D eigenvalue weighted by Crippen LogP contribution is -2.47. The van der Waals surface area contributed by atoms with Crippen LogP contribution in [-0.2, 0) is 6.42 Å². The highest BCUT2D eigenvalue weighted by Crippen LogP contribution is 2.24. The number of hydrogen-bond acceptors (Lipinski definition) is 5. The van der Waals surface area contributed by atoms with Crippen LogP contribution in [0.4, 0.5) is 5.82 Å². The lowest BCUT2D eigenvalue weighted by Gasteiger charge is -2.35. The first-order chi connectivity index (χ1) is 13.8. The van der Waals surface area contributed by atoms with Gasteiger partial charge in [0.05, 0.1) is 12.7 Å². The Morgan fingerprint density at radius 3 is 2.86 bits per heavy atom. The summed E-state index contributed by atoms with van der Waals surface area (Å²) in [5, 5.41) is 10.5. The van der Waals surface area contributed by atoms with Crippen LogP contribution in [0, 0.1) is 11.3 Å². The van der Waals surface area contributed by atoms with E-state index in [2.05, 4.69) is 44.2 Å². The second kappa shape index (κ2) is 8.32. The second-order valence-corrected chi connectivity index (χ2v) is 7.14. The largest absolute Gasteiger partial charge is 0.497 e. The molecule has 0 saturated carbocycles. The number of hydrogen-bond donors (Lipinski definition) is 1. The Morgan fingerprint density at radius 1 is 1.21 bits per heavy atom. The van der Waals surface area contributed by atoms with Crippen molar-refractivity contribution in [2.75, 3.05) is 44.7 Å². The van der Waals surface area contributed by atoms with Crippen molar-refractivity contribution in [2.45, 2.75) is 12.8 Å². The third-order valence-electron chi connectivity index (χ3n) is 5.47. The van der Waals surface area contributed by atoms with Crippen molar-refractivity contribution in [1.82, 2.24) is 14.9 Å². The summed E-state index contributed by atoms with van der Waals surface area (Å²) >= 11 is 0. The standard InChI is InChI=1S/C22H25N5O/c1-28-19-6-7-21-20(14-19)18(16-25-21)5-3-9-26-10-12-27(13-11-26)22-17(15-23)4-2-8-24-22/h2,4,6-8,14,16,25H,3,5,9-13H2,1H3. The highest BCUT2D eigenvalue weighted by molar-refractivity contribution is 5.84. The molecule has 1 saturated heterocycles. The van der Waals surface area contributed by atoms with E-state index in [0.29, 0.717) is 5.56 Å². The van der Waals surface area contributed by atoms with Crippen molar-refractivity contribution in [3.8, 4) is 11.8 Å². The van der Waals surface area contributed by atoms with Crippen LogP contribution in [0.5, 0.6) is 5.75 Å². The van der Waals surface area contributed by atoms with Crippen LogP contribution in [0.3, 0.4) is 0 Å². The molecule has 0 bridgehead atoms. The van der Waals surface area contributed by atoms with E-state index in [1.54, 1.807) is 13.3 Å². The molecule has 1 aliphatic heterocycles. The average molecular weight is 375 g/mol. The predicted octanol–water partition coefficient (Wildman–Crippen LogP) is 3.20. The maximum atomic E-state index is 9.28. The average Bonchev–Trinajstić information content (AvgIpc) is 3.16. The summed E-state index contributed by atoms with van der Waals surface area (Å²) in [5.41, 5.74) is 3.17. The van der Waals surface area contributed by atoms with Crippen molar-refractivity contribution in [3.05, 3.63) is 53.9 Å². The molecule has 28 heavy (non-hydrogen) atoms. The molecule has 0 atom stereocenters. The molecule has 3 aromatic rings. The first-order valence-electron chi connectivity index (χ1n) is 9.75. The van der Waals surface area contributed by atoms with E-state index in [4.69, 9.17) is 4.74 Å². The van der Waals surface area contributed by atoms with E-state index in [1.165, 1.54) is 10.9 Å². The van der Waals surface area contributed by atoms with Gasteiger partial charge in [0.2, 0.25) is 0 Å². The van der Waals surface area contributed by atoms with E-state index in [1.807, 2.05) is 18.2 Å². The fourth-order valence-electron chi connectivity index (χ4n) is 3.90. The van der Waals surface area contributed by atoms with Gasteiger partial charge in [-0.2, -0.15) is 5.26 Å². The van der Waals surface area contributed by atoms with Gasteiger partial charge in [0.15, 0.2) is 0 Å². The number of piperazine rings is 1. The maximum absolute atomic E-state index is 9.28. The Hall–Kier alpha value is -3.04. The molecular weight excluding hydrogens is 350 g/mol. The number of fused-ring (bicyclic) bond motifs is 1. The van der Waals surface area contributed by atoms with Crippen molar-refractivity contribution in [2.24, 2.45) is 0 Å². The molecule has 1 N–H and O–H groups in total. The van der Waals surface area contributed by atoms with Gasteiger partial charge in [0.1, 0.15) is 17.6 Å². The summed E-state index contributed by atoms with van der Waals surface area (Å²) in [6.45, 7) is 4.91. The molecule has 1 fully saturated rings. The number of nitrogens with zero attached hydrogens (tertiary/aromatic N) is 4. The van der Waals surface area contributed by atoms with Gasteiger partial charge in [-0.15, -0.1) is 0 Å². The van der Waals surface area contributed by atoms with E-state index in [-0.39, 0.29) is 0 Å². The summed E-state index contributed by atoms with van der Waals surface area (Å²) in [5.74, 6) is 1.72. The zero-order valence-corrected chi connectivity index (χ0v) is 16.2. The van der Waals surface area contributed by atoms with Crippen LogP contribution < -0.4 is 9.64 Å². The first kappa shape index (κ1) is 18.3. The van der Waals surface area contributed by atoms with Crippen LogP contribution in [0.1, 0.15) is 17.5 Å². The number of aromatic nitrogens is 2. The molecule has 0 spiro atoms. The van der Waals surface area contributed by atoms with Crippen molar-refractivity contribution in [3.63, 3.8) is 0 Å². The van der Waals surface area contributed by atoms with E-state index < -0.39 is 0 Å². The molecule has 6 heteroatoms. The van der Waals surface area contributed by atoms with Gasteiger partial charge in [-0.05, 0) is 55.3 Å². The van der Waals surface area contributed by atoms with Crippen LogP contribution in [0.25, 0.3) is 10.9 Å². The molecule has 0 amide bonds. The summed E-state index contributed by atoms with van der Waals surface area (Å²) in [6.07, 6.45) is 6.05.